The minimum absolute atomic E-state index is 0.296. The van der Waals surface area contributed by atoms with Crippen molar-refractivity contribution in [1.29, 1.82) is 0 Å². The normalized spacial score (nSPS) is 12.7. The highest BCUT2D eigenvalue weighted by atomic mass is 15.2. The second-order valence-corrected chi connectivity index (χ2v) is 18.2. The van der Waals surface area contributed by atoms with Crippen LogP contribution in [-0.2, 0) is 5.41 Å². The number of hydrogen-bond acceptors (Lipinski definition) is 2. The summed E-state index contributed by atoms with van der Waals surface area (Å²) in [5.74, 6) is 0. The van der Waals surface area contributed by atoms with Crippen LogP contribution in [0.1, 0.15) is 25.0 Å². The monoisotopic (exact) mass is 856 g/mol. The number of hydrogen-bond donors (Lipinski definition) is 0. The van der Waals surface area contributed by atoms with Gasteiger partial charge in [-0.15, -0.1) is 0 Å². The van der Waals surface area contributed by atoms with Gasteiger partial charge in [-0.05, 0) is 156 Å². The molecular weight excluding hydrogens is 809 g/mol. The van der Waals surface area contributed by atoms with Crippen molar-refractivity contribution in [2.24, 2.45) is 0 Å². The summed E-state index contributed by atoms with van der Waals surface area (Å²) < 4.78 is 0. The molecule has 12 rings (SSSR count). The van der Waals surface area contributed by atoms with Crippen LogP contribution < -0.4 is 9.80 Å². The van der Waals surface area contributed by atoms with E-state index in [9.17, 15) is 0 Å². The third-order valence-electron chi connectivity index (χ3n) is 13.8. The van der Waals surface area contributed by atoms with Crippen LogP contribution in [0.3, 0.4) is 0 Å². The zero-order valence-corrected chi connectivity index (χ0v) is 37.6. The first-order valence-corrected chi connectivity index (χ1v) is 23.2. The lowest BCUT2D eigenvalue weighted by molar-refractivity contribution is 0.632. The fourth-order valence-electron chi connectivity index (χ4n) is 10.2. The number of benzene rings is 11. The van der Waals surface area contributed by atoms with Gasteiger partial charge < -0.3 is 9.80 Å². The molecule has 11 aromatic carbocycles. The van der Waals surface area contributed by atoms with Crippen molar-refractivity contribution in [3.63, 3.8) is 0 Å². The van der Waals surface area contributed by atoms with Gasteiger partial charge in [0.05, 0.1) is 11.4 Å². The fourth-order valence-corrected chi connectivity index (χ4v) is 10.2. The molecule has 0 bridgehead atoms. The minimum atomic E-state index is -0.296. The molecule has 1 heterocycles. The van der Waals surface area contributed by atoms with Crippen molar-refractivity contribution in [3.8, 4) is 44.5 Å². The highest BCUT2D eigenvalue weighted by molar-refractivity contribution is 5.94. The van der Waals surface area contributed by atoms with E-state index in [0.29, 0.717) is 0 Å². The van der Waals surface area contributed by atoms with E-state index in [2.05, 4.69) is 278 Å². The van der Waals surface area contributed by atoms with Gasteiger partial charge in [0.2, 0.25) is 0 Å². The summed E-state index contributed by atoms with van der Waals surface area (Å²) in [5, 5.41) is 4.97. The average Bonchev–Trinajstić information content (AvgIpc) is 3.39. The van der Waals surface area contributed by atoms with E-state index in [1.807, 2.05) is 0 Å². The Hall–Kier alpha value is -8.46. The lowest BCUT2D eigenvalue weighted by atomic mass is 9.72. The Labute approximate surface area is 393 Å². The molecule has 0 saturated carbocycles. The van der Waals surface area contributed by atoms with E-state index < -0.39 is 0 Å². The maximum Gasteiger partial charge on any atom is 0.0503 e. The maximum atomic E-state index is 2.48. The molecule has 1 aliphatic rings. The van der Waals surface area contributed by atoms with E-state index in [1.54, 1.807) is 0 Å². The van der Waals surface area contributed by atoms with Crippen LogP contribution in [0.25, 0.3) is 66.1 Å². The second kappa shape index (κ2) is 16.5. The largest absolute Gasteiger partial charge is 0.311 e. The Bertz CT molecular complexity index is 3490. The van der Waals surface area contributed by atoms with Crippen LogP contribution in [-0.4, -0.2) is 0 Å². The first kappa shape index (κ1) is 40.1. The Balaban J connectivity index is 0.942. The van der Waals surface area contributed by atoms with E-state index in [-0.39, 0.29) is 5.41 Å². The average molecular weight is 857 g/mol. The molecule has 0 amide bonds. The van der Waals surface area contributed by atoms with Crippen molar-refractivity contribution in [2.45, 2.75) is 19.3 Å². The topological polar surface area (TPSA) is 6.48 Å². The molecule has 0 radical (unpaired) electrons. The van der Waals surface area contributed by atoms with Crippen molar-refractivity contribution in [3.05, 3.63) is 266 Å². The van der Waals surface area contributed by atoms with Gasteiger partial charge in [0, 0.05) is 28.2 Å². The van der Waals surface area contributed by atoms with Crippen molar-refractivity contribution in [2.75, 3.05) is 9.80 Å². The summed E-state index contributed by atoms with van der Waals surface area (Å²) in [7, 11) is 0. The standard InChI is InChI=1S/C65H48N2/c1-65(2)61-43-55(51-27-36-59(37-28-51)66(57-32-23-49(24-33-57)45-13-5-3-6-14-45)58-34-25-50(26-35-58)46-15-7-4-8-16-46)30-39-63(61)67(60-38-29-48-18-10-12-20-53(48)42-60)64-40-31-56(44-62(64)65)54-22-21-47-17-9-11-19-52(47)41-54/h3-44H,1-2H3. The van der Waals surface area contributed by atoms with Gasteiger partial charge in [-0.2, -0.15) is 0 Å². The van der Waals surface area contributed by atoms with Gasteiger partial charge in [0.1, 0.15) is 0 Å². The number of nitrogens with zero attached hydrogens (tertiary/aromatic N) is 2. The molecule has 2 nitrogen and oxygen atoms in total. The van der Waals surface area contributed by atoms with Gasteiger partial charge in [0.25, 0.3) is 0 Å². The zero-order chi connectivity index (χ0) is 44.9. The molecule has 11 aromatic rings. The molecule has 0 unspecified atom stereocenters. The van der Waals surface area contributed by atoms with Crippen LogP contribution in [0.15, 0.2) is 255 Å². The number of anilines is 6. The highest BCUT2D eigenvalue weighted by Crippen LogP contribution is 2.54. The lowest BCUT2D eigenvalue weighted by Gasteiger charge is -2.42. The van der Waals surface area contributed by atoms with Crippen LogP contribution in [0, 0.1) is 0 Å². The third-order valence-corrected chi connectivity index (χ3v) is 13.8. The number of fused-ring (bicyclic) bond motifs is 4. The van der Waals surface area contributed by atoms with Crippen molar-refractivity contribution >= 4 is 55.7 Å². The van der Waals surface area contributed by atoms with Gasteiger partial charge in [-0.25, -0.2) is 0 Å². The van der Waals surface area contributed by atoms with Crippen LogP contribution in [0.2, 0.25) is 0 Å². The Morgan fingerprint density at radius 2 is 0.627 bits per heavy atom. The van der Waals surface area contributed by atoms with E-state index in [1.165, 1.54) is 88.6 Å². The smallest absolute Gasteiger partial charge is 0.0503 e. The summed E-state index contributed by atoms with van der Waals surface area (Å²) in [6.07, 6.45) is 0. The molecule has 0 saturated heterocycles. The predicted octanol–water partition coefficient (Wildman–Crippen LogP) is 18.2. The van der Waals surface area contributed by atoms with Crippen LogP contribution in [0.5, 0.6) is 0 Å². The molecule has 318 valence electrons. The SMILES string of the molecule is CC1(C)c2cc(-c3ccc(N(c4ccc(-c5ccccc5)cc4)c4ccc(-c5ccccc5)cc4)cc3)ccc2N(c2ccc3ccccc3c2)c2ccc(-c3ccc4ccccc4c3)cc21. The zero-order valence-electron chi connectivity index (χ0n) is 37.6. The molecule has 0 spiro atoms. The quantitative estimate of drug-likeness (QED) is 0.150. The Morgan fingerprint density at radius 1 is 0.284 bits per heavy atom. The van der Waals surface area contributed by atoms with Gasteiger partial charge in [0.15, 0.2) is 0 Å². The lowest BCUT2D eigenvalue weighted by Crippen LogP contribution is -2.30. The summed E-state index contributed by atoms with van der Waals surface area (Å²) in [4.78, 5) is 4.83. The molecule has 1 aliphatic heterocycles. The van der Waals surface area contributed by atoms with Gasteiger partial charge in [-0.1, -0.05) is 190 Å². The maximum absolute atomic E-state index is 2.48. The summed E-state index contributed by atoms with van der Waals surface area (Å²) >= 11 is 0. The van der Waals surface area contributed by atoms with Crippen LogP contribution in [0.4, 0.5) is 34.1 Å². The number of rotatable bonds is 8. The Kier molecular flexibility index (Phi) is 9.88. The molecule has 0 aliphatic carbocycles. The van der Waals surface area contributed by atoms with Gasteiger partial charge in [-0.3, -0.25) is 0 Å². The first-order valence-electron chi connectivity index (χ1n) is 23.2. The molecule has 67 heavy (non-hydrogen) atoms. The fraction of sp³-hybridized carbons (Fsp3) is 0.0462. The second-order valence-electron chi connectivity index (χ2n) is 18.2. The summed E-state index contributed by atoms with van der Waals surface area (Å²) in [6.45, 7) is 4.78. The van der Waals surface area contributed by atoms with Crippen molar-refractivity contribution < 1.29 is 0 Å². The molecular formula is C65H48N2. The highest BCUT2D eigenvalue weighted by Gasteiger charge is 2.37. The molecule has 0 fully saturated rings. The molecule has 0 aromatic heterocycles. The van der Waals surface area contributed by atoms with E-state index in [4.69, 9.17) is 0 Å². The Morgan fingerprint density at radius 3 is 1.12 bits per heavy atom. The summed E-state index contributed by atoms with van der Waals surface area (Å²) in [6, 6.07) is 93.2. The molecule has 0 N–H and O–H groups in total. The van der Waals surface area contributed by atoms with E-state index >= 15 is 0 Å². The predicted molar refractivity (Wildman–Crippen MR) is 285 cm³/mol. The molecule has 0 atom stereocenters. The summed E-state index contributed by atoms with van der Waals surface area (Å²) in [5.41, 5.74) is 18.8. The van der Waals surface area contributed by atoms with Crippen molar-refractivity contribution in [1.82, 2.24) is 0 Å². The third kappa shape index (κ3) is 7.34. The van der Waals surface area contributed by atoms with Crippen LogP contribution >= 0.6 is 0 Å². The minimum Gasteiger partial charge on any atom is -0.311 e. The molecule has 2 heteroatoms. The van der Waals surface area contributed by atoms with E-state index in [0.717, 1.165) is 22.7 Å². The first-order chi connectivity index (χ1) is 32.9. The van der Waals surface area contributed by atoms with Gasteiger partial charge >= 0.3 is 0 Å².